The van der Waals surface area contributed by atoms with Crippen LogP contribution >= 0.6 is 0 Å². The van der Waals surface area contributed by atoms with Crippen molar-refractivity contribution in [3.63, 3.8) is 0 Å². The van der Waals surface area contributed by atoms with Crippen molar-refractivity contribution >= 4 is 23.2 Å². The molecule has 10 nitrogen and oxygen atoms in total. The van der Waals surface area contributed by atoms with Crippen LogP contribution in [0.4, 0.5) is 11.4 Å². The maximum absolute atomic E-state index is 12.9. The molecule has 0 saturated carbocycles. The summed E-state index contributed by atoms with van der Waals surface area (Å²) in [7, 11) is 0. The van der Waals surface area contributed by atoms with Crippen molar-refractivity contribution in [3.05, 3.63) is 84.1 Å². The molecule has 0 atom stereocenters. The second-order valence-corrected chi connectivity index (χ2v) is 7.54. The number of aryl methyl sites for hydroxylation is 1. The fourth-order valence-corrected chi connectivity index (χ4v) is 3.43. The fraction of sp³-hybridized carbons (Fsp3) is 0.125. The molecule has 3 heterocycles. The van der Waals surface area contributed by atoms with Crippen molar-refractivity contribution in [2.45, 2.75) is 6.92 Å². The molecule has 0 aliphatic carbocycles. The number of fused-ring (bicyclic) bond motifs is 1. The Morgan fingerprint density at radius 1 is 0.912 bits per heavy atom. The molecule has 170 valence electrons. The van der Waals surface area contributed by atoms with Crippen molar-refractivity contribution < 1.29 is 19.1 Å². The molecule has 10 heteroatoms. The lowest BCUT2D eigenvalue weighted by atomic mass is 10.1. The van der Waals surface area contributed by atoms with E-state index < -0.39 is 0 Å². The van der Waals surface area contributed by atoms with Crippen molar-refractivity contribution in [1.82, 2.24) is 19.7 Å². The second-order valence-electron chi connectivity index (χ2n) is 7.54. The zero-order chi connectivity index (χ0) is 23.5. The van der Waals surface area contributed by atoms with E-state index in [-0.39, 0.29) is 11.8 Å². The lowest BCUT2D eigenvalue weighted by molar-refractivity contribution is 0.101. The van der Waals surface area contributed by atoms with E-state index >= 15 is 0 Å². The van der Waals surface area contributed by atoms with Gasteiger partial charge in [0, 0.05) is 28.7 Å². The number of hydrogen-bond acceptors (Lipinski definition) is 7. The maximum atomic E-state index is 12.9. The van der Waals surface area contributed by atoms with Gasteiger partial charge in [-0.3, -0.25) is 9.59 Å². The third-order valence-electron chi connectivity index (χ3n) is 5.21. The zero-order valence-corrected chi connectivity index (χ0v) is 18.2. The molecule has 1 aliphatic rings. The molecule has 2 aromatic heterocycles. The van der Waals surface area contributed by atoms with Gasteiger partial charge in [0.2, 0.25) is 0 Å². The summed E-state index contributed by atoms with van der Waals surface area (Å²) >= 11 is 0. The number of amides is 2. The molecule has 4 aromatic rings. The van der Waals surface area contributed by atoms with Crippen molar-refractivity contribution in [2.75, 3.05) is 23.8 Å². The van der Waals surface area contributed by atoms with Gasteiger partial charge in [-0.15, -0.1) is 0 Å². The molecule has 2 N–H and O–H groups in total. The van der Waals surface area contributed by atoms with Crippen molar-refractivity contribution in [2.24, 2.45) is 0 Å². The van der Waals surface area contributed by atoms with E-state index in [1.54, 1.807) is 42.5 Å². The van der Waals surface area contributed by atoms with Crippen LogP contribution in [0.1, 0.15) is 26.3 Å². The fourth-order valence-electron chi connectivity index (χ4n) is 3.43. The van der Waals surface area contributed by atoms with Crippen LogP contribution in [0.25, 0.3) is 5.82 Å². The number of carbonyl (C=O) groups is 2. The number of rotatable bonds is 5. The largest absolute Gasteiger partial charge is 0.486 e. The number of nitrogens with one attached hydrogen (secondary N) is 2. The Balaban J connectivity index is 1.32. The first kappa shape index (κ1) is 21.1. The molecule has 1 aliphatic heterocycles. The average Bonchev–Trinajstić information content (AvgIpc) is 3.41. The molecule has 2 amide bonds. The number of anilines is 2. The summed E-state index contributed by atoms with van der Waals surface area (Å²) < 4.78 is 12.5. The van der Waals surface area contributed by atoms with Gasteiger partial charge in [-0.25, -0.2) is 14.6 Å². The second kappa shape index (κ2) is 9.02. The van der Waals surface area contributed by atoms with E-state index in [0.717, 1.165) is 5.56 Å². The smallest absolute Gasteiger partial charge is 0.255 e. The summed E-state index contributed by atoms with van der Waals surface area (Å²) in [6.07, 6.45) is 4.42. The topological polar surface area (TPSA) is 120 Å². The SMILES string of the molecule is Cc1ccc(NC(=O)c2ccc3c(c2)OCCO3)cc1NC(=O)c1ccnc(-n2cncn2)c1. The normalized spacial score (nSPS) is 12.1. The molecule has 5 rings (SSSR count). The van der Waals surface area contributed by atoms with Crippen molar-refractivity contribution in [3.8, 4) is 17.3 Å². The van der Waals surface area contributed by atoms with Gasteiger partial charge < -0.3 is 20.1 Å². The first-order valence-corrected chi connectivity index (χ1v) is 10.5. The predicted octanol–water partition coefficient (Wildman–Crippen LogP) is 3.25. The van der Waals surface area contributed by atoms with Gasteiger partial charge in [-0.05, 0) is 55.0 Å². The highest BCUT2D eigenvalue weighted by Gasteiger charge is 2.16. The van der Waals surface area contributed by atoms with Crippen LogP contribution in [0.5, 0.6) is 11.5 Å². The van der Waals surface area contributed by atoms with Crippen molar-refractivity contribution in [1.29, 1.82) is 0 Å². The monoisotopic (exact) mass is 456 g/mol. The highest BCUT2D eigenvalue weighted by molar-refractivity contribution is 6.07. The Kier molecular flexibility index (Phi) is 5.61. The van der Waals surface area contributed by atoms with Crippen LogP contribution in [-0.2, 0) is 0 Å². The minimum absolute atomic E-state index is 0.301. The van der Waals surface area contributed by atoms with Crippen LogP contribution in [0.15, 0.2) is 67.4 Å². The Hall–Kier alpha value is -4.73. The number of nitrogens with zero attached hydrogens (tertiary/aromatic N) is 4. The summed E-state index contributed by atoms with van der Waals surface area (Å²) in [5.74, 6) is 1.01. The minimum atomic E-state index is -0.317. The van der Waals surface area contributed by atoms with E-state index in [2.05, 4.69) is 25.7 Å². The number of benzene rings is 2. The Bertz CT molecular complexity index is 1370. The molecular formula is C24H20N6O4. The Labute approximate surface area is 194 Å². The lowest BCUT2D eigenvalue weighted by Gasteiger charge is -2.18. The van der Waals surface area contributed by atoms with Gasteiger partial charge in [0.25, 0.3) is 11.8 Å². The van der Waals surface area contributed by atoms with Gasteiger partial charge in [0.15, 0.2) is 17.3 Å². The van der Waals surface area contributed by atoms with Crippen LogP contribution in [0.2, 0.25) is 0 Å². The third kappa shape index (κ3) is 4.42. The van der Waals surface area contributed by atoms with E-state index in [0.29, 0.717) is 53.0 Å². The molecule has 34 heavy (non-hydrogen) atoms. The summed E-state index contributed by atoms with van der Waals surface area (Å²) in [5, 5.41) is 9.78. The number of ether oxygens (including phenoxy) is 2. The number of hydrogen-bond donors (Lipinski definition) is 2. The van der Waals surface area contributed by atoms with E-state index in [1.807, 2.05) is 13.0 Å². The highest BCUT2D eigenvalue weighted by atomic mass is 16.6. The minimum Gasteiger partial charge on any atom is -0.486 e. The van der Waals surface area contributed by atoms with Gasteiger partial charge in [-0.1, -0.05) is 6.07 Å². The third-order valence-corrected chi connectivity index (χ3v) is 5.21. The maximum Gasteiger partial charge on any atom is 0.255 e. The quantitative estimate of drug-likeness (QED) is 0.473. The summed E-state index contributed by atoms with van der Waals surface area (Å²) in [5.41, 5.74) is 2.80. The molecular weight excluding hydrogens is 436 g/mol. The number of aromatic nitrogens is 4. The predicted molar refractivity (Wildman–Crippen MR) is 124 cm³/mol. The lowest BCUT2D eigenvalue weighted by Crippen LogP contribution is -2.17. The average molecular weight is 456 g/mol. The molecule has 0 saturated heterocycles. The van der Waals surface area contributed by atoms with Gasteiger partial charge in [0.1, 0.15) is 25.9 Å². The van der Waals surface area contributed by atoms with Crippen LogP contribution in [0, 0.1) is 6.92 Å². The standard InChI is InChI=1S/C24H20N6O4/c1-15-2-4-18(28-23(31)16-3-5-20-21(10-16)34-9-8-33-20)12-19(15)29-24(32)17-6-7-26-22(11-17)30-14-25-13-27-30/h2-7,10-14H,8-9H2,1H3,(H,28,31)(H,29,32). The van der Waals surface area contributed by atoms with E-state index in [1.165, 1.54) is 23.5 Å². The first-order chi connectivity index (χ1) is 16.6. The number of carbonyl (C=O) groups excluding carboxylic acids is 2. The summed E-state index contributed by atoms with van der Waals surface area (Å²) in [4.78, 5) is 33.8. The van der Waals surface area contributed by atoms with E-state index in [9.17, 15) is 9.59 Å². The molecule has 0 radical (unpaired) electrons. The van der Waals surface area contributed by atoms with E-state index in [4.69, 9.17) is 9.47 Å². The van der Waals surface area contributed by atoms with Gasteiger partial charge in [0.05, 0.1) is 0 Å². The van der Waals surface area contributed by atoms with Gasteiger partial charge >= 0.3 is 0 Å². The molecule has 0 fully saturated rings. The summed E-state index contributed by atoms with van der Waals surface area (Å²) in [6.45, 7) is 2.80. The zero-order valence-electron chi connectivity index (χ0n) is 18.2. The highest BCUT2D eigenvalue weighted by Crippen LogP contribution is 2.31. The van der Waals surface area contributed by atoms with Crippen LogP contribution in [0.3, 0.4) is 0 Å². The Morgan fingerprint density at radius 3 is 2.53 bits per heavy atom. The summed E-state index contributed by atoms with van der Waals surface area (Å²) in [6, 6.07) is 13.6. The number of pyridine rings is 1. The van der Waals surface area contributed by atoms with Crippen LogP contribution < -0.4 is 20.1 Å². The Morgan fingerprint density at radius 2 is 1.71 bits per heavy atom. The van der Waals surface area contributed by atoms with Gasteiger partial charge in [-0.2, -0.15) is 5.10 Å². The van der Waals surface area contributed by atoms with Crippen LogP contribution in [-0.4, -0.2) is 44.8 Å². The molecule has 0 bridgehead atoms. The first-order valence-electron chi connectivity index (χ1n) is 10.5. The molecule has 0 spiro atoms. The molecule has 2 aromatic carbocycles. The molecule has 0 unspecified atom stereocenters.